The molecule has 1 fully saturated rings. The molecule has 0 spiro atoms. The number of nitrogens with zero attached hydrogens (tertiary/aromatic N) is 1. The van der Waals surface area contributed by atoms with E-state index in [-0.39, 0.29) is 0 Å². The molecule has 0 aromatic heterocycles. The van der Waals surface area contributed by atoms with E-state index >= 15 is 0 Å². The number of rotatable bonds is 4. The largest absolute Gasteiger partial charge is 0.496 e. The number of methoxy groups -OCH3 is 1. The minimum atomic E-state index is 0.649. The molecule has 3 heteroatoms. The van der Waals surface area contributed by atoms with Crippen LogP contribution >= 0.6 is 0 Å². The molecule has 0 amide bonds. The van der Waals surface area contributed by atoms with Crippen LogP contribution in [0.3, 0.4) is 0 Å². The minimum absolute atomic E-state index is 0.649. The normalized spacial score (nSPS) is 18.2. The van der Waals surface area contributed by atoms with Gasteiger partial charge in [0, 0.05) is 18.2 Å². The van der Waals surface area contributed by atoms with Crippen LogP contribution in [0.25, 0.3) is 0 Å². The molecule has 1 aromatic rings. The number of nitrogens with one attached hydrogen (secondary N) is 1. The zero-order valence-corrected chi connectivity index (χ0v) is 10.8. The first kappa shape index (κ1) is 12.4. The Kier molecular flexibility index (Phi) is 4.40. The summed E-state index contributed by atoms with van der Waals surface area (Å²) in [5.74, 6) is 0.980. The number of benzene rings is 1. The SMILES string of the molecule is COc1ccccc1CNC1CCN(C)CC1. The van der Waals surface area contributed by atoms with Gasteiger partial charge in [0.25, 0.3) is 0 Å². The van der Waals surface area contributed by atoms with Gasteiger partial charge in [-0.1, -0.05) is 18.2 Å². The van der Waals surface area contributed by atoms with Crippen LogP contribution in [0.5, 0.6) is 5.75 Å². The van der Waals surface area contributed by atoms with E-state index in [1.54, 1.807) is 7.11 Å². The fraction of sp³-hybridized carbons (Fsp3) is 0.571. The monoisotopic (exact) mass is 234 g/mol. The maximum Gasteiger partial charge on any atom is 0.123 e. The smallest absolute Gasteiger partial charge is 0.123 e. The molecule has 0 saturated carbocycles. The molecule has 94 valence electrons. The van der Waals surface area contributed by atoms with Gasteiger partial charge >= 0.3 is 0 Å². The molecule has 2 rings (SSSR count). The molecule has 0 radical (unpaired) electrons. The molecular formula is C14H22N2O. The lowest BCUT2D eigenvalue weighted by atomic mass is 10.1. The predicted octanol–water partition coefficient (Wildman–Crippen LogP) is 1.88. The Morgan fingerprint density at radius 1 is 1.29 bits per heavy atom. The van der Waals surface area contributed by atoms with Gasteiger partial charge in [0.1, 0.15) is 5.75 Å². The Bertz CT molecular complexity index is 346. The number of piperidine rings is 1. The van der Waals surface area contributed by atoms with Crippen LogP contribution in [0.2, 0.25) is 0 Å². The van der Waals surface area contributed by atoms with E-state index in [4.69, 9.17) is 4.74 Å². The van der Waals surface area contributed by atoms with Crippen molar-refractivity contribution in [1.29, 1.82) is 0 Å². The van der Waals surface area contributed by atoms with E-state index in [1.165, 1.54) is 31.5 Å². The Labute approximate surface area is 104 Å². The maximum atomic E-state index is 5.35. The van der Waals surface area contributed by atoms with Gasteiger partial charge in [0.2, 0.25) is 0 Å². The zero-order chi connectivity index (χ0) is 12.1. The average Bonchev–Trinajstić information content (AvgIpc) is 2.38. The summed E-state index contributed by atoms with van der Waals surface area (Å²) in [6, 6.07) is 8.87. The number of hydrogen-bond acceptors (Lipinski definition) is 3. The van der Waals surface area contributed by atoms with Gasteiger partial charge in [0.05, 0.1) is 7.11 Å². The summed E-state index contributed by atoms with van der Waals surface area (Å²) in [4.78, 5) is 2.39. The molecule has 1 aromatic carbocycles. The fourth-order valence-electron chi connectivity index (χ4n) is 2.32. The Morgan fingerprint density at radius 2 is 2.00 bits per heavy atom. The van der Waals surface area contributed by atoms with Crippen LogP contribution in [0.1, 0.15) is 18.4 Å². The van der Waals surface area contributed by atoms with Crippen molar-refractivity contribution in [3.05, 3.63) is 29.8 Å². The topological polar surface area (TPSA) is 24.5 Å². The molecule has 1 heterocycles. The van der Waals surface area contributed by atoms with Gasteiger partial charge in [-0.3, -0.25) is 0 Å². The van der Waals surface area contributed by atoms with E-state index in [9.17, 15) is 0 Å². The van der Waals surface area contributed by atoms with Crippen molar-refractivity contribution in [3.8, 4) is 5.75 Å². The third-order valence-corrected chi connectivity index (χ3v) is 3.49. The van der Waals surface area contributed by atoms with Crippen molar-refractivity contribution >= 4 is 0 Å². The Morgan fingerprint density at radius 3 is 2.71 bits per heavy atom. The van der Waals surface area contributed by atoms with E-state index < -0.39 is 0 Å². The number of para-hydroxylation sites is 1. The highest BCUT2D eigenvalue weighted by molar-refractivity contribution is 5.33. The predicted molar refractivity (Wildman–Crippen MR) is 70.4 cm³/mol. The minimum Gasteiger partial charge on any atom is -0.496 e. The summed E-state index contributed by atoms with van der Waals surface area (Å²) < 4.78 is 5.35. The molecular weight excluding hydrogens is 212 g/mol. The van der Waals surface area contributed by atoms with Gasteiger partial charge in [0.15, 0.2) is 0 Å². The lowest BCUT2D eigenvalue weighted by molar-refractivity contribution is 0.233. The number of likely N-dealkylation sites (tertiary alicyclic amines) is 1. The van der Waals surface area contributed by atoms with Crippen LogP contribution < -0.4 is 10.1 Å². The van der Waals surface area contributed by atoms with E-state index in [0.717, 1.165) is 12.3 Å². The second kappa shape index (κ2) is 6.03. The second-order valence-electron chi connectivity index (χ2n) is 4.77. The molecule has 1 aliphatic heterocycles. The van der Waals surface area contributed by atoms with E-state index in [1.807, 2.05) is 12.1 Å². The van der Waals surface area contributed by atoms with Crippen molar-refractivity contribution in [2.75, 3.05) is 27.2 Å². The van der Waals surface area contributed by atoms with Crippen molar-refractivity contribution in [2.24, 2.45) is 0 Å². The molecule has 1 aliphatic rings. The van der Waals surface area contributed by atoms with Crippen LogP contribution in [0, 0.1) is 0 Å². The average molecular weight is 234 g/mol. The standard InChI is InChI=1S/C14H22N2O/c1-16-9-7-13(8-10-16)15-11-12-5-3-4-6-14(12)17-2/h3-6,13,15H,7-11H2,1-2H3. The van der Waals surface area contributed by atoms with Crippen molar-refractivity contribution in [3.63, 3.8) is 0 Å². The van der Waals surface area contributed by atoms with E-state index in [0.29, 0.717) is 6.04 Å². The van der Waals surface area contributed by atoms with Crippen LogP contribution in [0.15, 0.2) is 24.3 Å². The first-order valence-electron chi connectivity index (χ1n) is 6.33. The van der Waals surface area contributed by atoms with Crippen LogP contribution in [-0.2, 0) is 6.54 Å². The molecule has 0 unspecified atom stereocenters. The Hall–Kier alpha value is -1.06. The lowest BCUT2D eigenvalue weighted by Gasteiger charge is -2.29. The van der Waals surface area contributed by atoms with Gasteiger partial charge in [-0.2, -0.15) is 0 Å². The summed E-state index contributed by atoms with van der Waals surface area (Å²) in [5.41, 5.74) is 1.24. The Balaban J connectivity index is 1.85. The fourth-order valence-corrected chi connectivity index (χ4v) is 2.32. The van der Waals surface area contributed by atoms with Crippen molar-refractivity contribution in [2.45, 2.75) is 25.4 Å². The highest BCUT2D eigenvalue weighted by Gasteiger charge is 2.16. The van der Waals surface area contributed by atoms with Crippen LogP contribution in [0.4, 0.5) is 0 Å². The summed E-state index contributed by atoms with van der Waals surface area (Å²) in [6.07, 6.45) is 2.48. The number of ether oxygens (including phenoxy) is 1. The van der Waals surface area contributed by atoms with Gasteiger partial charge in [-0.05, 0) is 39.0 Å². The van der Waals surface area contributed by atoms with Crippen molar-refractivity contribution < 1.29 is 4.74 Å². The maximum absolute atomic E-state index is 5.35. The van der Waals surface area contributed by atoms with Crippen LogP contribution in [-0.4, -0.2) is 38.2 Å². The van der Waals surface area contributed by atoms with Crippen molar-refractivity contribution in [1.82, 2.24) is 10.2 Å². The summed E-state index contributed by atoms with van der Waals surface area (Å²) in [7, 11) is 3.92. The second-order valence-corrected chi connectivity index (χ2v) is 4.77. The van der Waals surface area contributed by atoms with Gasteiger partial charge in [-0.15, -0.1) is 0 Å². The van der Waals surface area contributed by atoms with Gasteiger partial charge < -0.3 is 15.0 Å². The zero-order valence-electron chi connectivity index (χ0n) is 10.8. The highest BCUT2D eigenvalue weighted by Crippen LogP contribution is 2.18. The molecule has 1 N–H and O–H groups in total. The highest BCUT2D eigenvalue weighted by atomic mass is 16.5. The molecule has 0 aliphatic carbocycles. The summed E-state index contributed by atoms with van der Waals surface area (Å²) >= 11 is 0. The third kappa shape index (κ3) is 3.45. The van der Waals surface area contributed by atoms with E-state index in [2.05, 4.69) is 29.4 Å². The molecule has 0 atom stereocenters. The molecule has 0 bridgehead atoms. The molecule has 3 nitrogen and oxygen atoms in total. The van der Waals surface area contributed by atoms with Gasteiger partial charge in [-0.25, -0.2) is 0 Å². The molecule has 1 saturated heterocycles. The number of hydrogen-bond donors (Lipinski definition) is 1. The summed E-state index contributed by atoms with van der Waals surface area (Å²) in [5, 5.41) is 3.63. The third-order valence-electron chi connectivity index (χ3n) is 3.49. The molecule has 17 heavy (non-hydrogen) atoms. The first-order chi connectivity index (χ1) is 8.29. The quantitative estimate of drug-likeness (QED) is 0.861. The lowest BCUT2D eigenvalue weighted by Crippen LogP contribution is -2.40. The first-order valence-corrected chi connectivity index (χ1v) is 6.33. The summed E-state index contributed by atoms with van der Waals surface area (Å²) in [6.45, 7) is 3.30.